The van der Waals surface area contributed by atoms with E-state index in [4.69, 9.17) is 16.3 Å². The largest absolute Gasteiger partial charge is 0.465 e. The summed E-state index contributed by atoms with van der Waals surface area (Å²) in [6.07, 6.45) is 0. The van der Waals surface area contributed by atoms with Crippen LogP contribution in [0.4, 0.5) is 11.5 Å². The Labute approximate surface area is 147 Å². The molecule has 0 amide bonds. The van der Waals surface area contributed by atoms with Crippen LogP contribution in [0.15, 0.2) is 27.5 Å². The predicted molar refractivity (Wildman–Crippen MR) is 94.9 cm³/mol. The lowest BCUT2D eigenvalue weighted by Crippen LogP contribution is -2.27. The summed E-state index contributed by atoms with van der Waals surface area (Å²) in [7, 11) is 2.90. The Morgan fingerprint density at radius 3 is 2.52 bits per heavy atom. The number of rotatable bonds is 3. The molecule has 2 aromatic rings. The van der Waals surface area contributed by atoms with Gasteiger partial charge in [0.05, 0.1) is 17.8 Å². The number of methoxy groups -OCH3 is 1. The van der Waals surface area contributed by atoms with Gasteiger partial charge in [-0.15, -0.1) is 0 Å². The second kappa shape index (κ2) is 6.76. The van der Waals surface area contributed by atoms with E-state index in [0.717, 1.165) is 4.47 Å². The molecule has 2 rings (SSSR count). The highest BCUT2D eigenvalue weighted by molar-refractivity contribution is 9.10. The maximum Gasteiger partial charge on any atom is 0.341 e. The third-order valence-electron chi connectivity index (χ3n) is 3.71. The molecule has 122 valence electrons. The van der Waals surface area contributed by atoms with E-state index in [1.165, 1.54) is 11.7 Å². The van der Waals surface area contributed by atoms with Gasteiger partial charge in [-0.05, 0) is 37.6 Å². The lowest BCUT2D eigenvalue weighted by atomic mass is 10.0. The third kappa shape index (κ3) is 3.28. The van der Waals surface area contributed by atoms with Crippen molar-refractivity contribution >= 4 is 45.0 Å². The average Bonchev–Trinajstić information content (AvgIpc) is 2.52. The highest BCUT2D eigenvalue weighted by Crippen LogP contribution is 2.30. The fraction of sp³-hybridized carbons (Fsp3) is 0.250. The summed E-state index contributed by atoms with van der Waals surface area (Å²) < 4.78 is 7.07. The van der Waals surface area contributed by atoms with Crippen molar-refractivity contribution in [2.24, 2.45) is 7.05 Å². The highest BCUT2D eigenvalue weighted by atomic mass is 79.9. The molecule has 0 radical (unpaired) electrons. The maximum absolute atomic E-state index is 12.3. The molecule has 0 aliphatic rings. The van der Waals surface area contributed by atoms with E-state index < -0.39 is 5.97 Å². The molecule has 0 aliphatic carbocycles. The Hall–Kier alpha value is -1.79. The summed E-state index contributed by atoms with van der Waals surface area (Å²) in [5, 5.41) is 3.53. The van der Waals surface area contributed by atoms with Gasteiger partial charge in [0.15, 0.2) is 0 Å². The zero-order valence-electron chi connectivity index (χ0n) is 13.2. The second-order valence-electron chi connectivity index (χ2n) is 5.08. The topological polar surface area (TPSA) is 60.3 Å². The van der Waals surface area contributed by atoms with Crippen molar-refractivity contribution in [3.8, 4) is 0 Å². The number of aromatic nitrogens is 1. The Morgan fingerprint density at radius 1 is 1.30 bits per heavy atom. The first-order valence-corrected chi connectivity index (χ1v) is 7.95. The van der Waals surface area contributed by atoms with Gasteiger partial charge >= 0.3 is 5.97 Å². The van der Waals surface area contributed by atoms with Gasteiger partial charge in [0.2, 0.25) is 0 Å². The quantitative estimate of drug-likeness (QED) is 0.794. The molecule has 1 heterocycles. The van der Waals surface area contributed by atoms with Gasteiger partial charge < -0.3 is 10.1 Å². The van der Waals surface area contributed by atoms with Crippen molar-refractivity contribution in [3.05, 3.63) is 54.7 Å². The van der Waals surface area contributed by atoms with Crippen LogP contribution in [0.1, 0.15) is 21.5 Å². The number of halogens is 2. The van der Waals surface area contributed by atoms with Gasteiger partial charge in [-0.25, -0.2) is 4.79 Å². The zero-order chi connectivity index (χ0) is 17.3. The summed E-state index contributed by atoms with van der Waals surface area (Å²) in [6.45, 7) is 3.40. The first kappa shape index (κ1) is 17.6. The number of esters is 1. The van der Waals surface area contributed by atoms with Gasteiger partial charge in [-0.2, -0.15) is 0 Å². The molecule has 0 aliphatic heterocycles. The SMILES string of the molecule is COC(=O)c1c(C)c(C)c(=O)n(C)c1Nc1ccc(Br)cc1Cl. The fourth-order valence-corrected chi connectivity index (χ4v) is 2.98. The number of nitrogens with zero attached hydrogens (tertiary/aromatic N) is 1. The Morgan fingerprint density at radius 2 is 1.96 bits per heavy atom. The molecule has 1 N–H and O–H groups in total. The fourth-order valence-electron chi connectivity index (χ4n) is 2.26. The van der Waals surface area contributed by atoms with Crippen LogP contribution in [0.5, 0.6) is 0 Å². The lowest BCUT2D eigenvalue weighted by Gasteiger charge is -2.19. The smallest absolute Gasteiger partial charge is 0.341 e. The van der Waals surface area contributed by atoms with Gasteiger partial charge in [-0.3, -0.25) is 9.36 Å². The summed E-state index contributed by atoms with van der Waals surface area (Å²) in [5.41, 5.74) is 1.78. The Bertz CT molecular complexity index is 846. The van der Waals surface area contributed by atoms with Crippen molar-refractivity contribution in [1.82, 2.24) is 4.57 Å². The molecule has 0 unspecified atom stereocenters. The molecular weight excluding hydrogens is 384 g/mol. The van der Waals surface area contributed by atoms with Crippen LogP contribution in [0.2, 0.25) is 5.02 Å². The van der Waals surface area contributed by atoms with Crippen LogP contribution >= 0.6 is 27.5 Å². The number of carbonyl (C=O) groups excluding carboxylic acids is 1. The summed E-state index contributed by atoms with van der Waals surface area (Å²) in [6, 6.07) is 5.29. The van der Waals surface area contributed by atoms with Gasteiger partial charge in [0, 0.05) is 17.1 Å². The number of hydrogen-bond acceptors (Lipinski definition) is 4. The molecule has 0 atom stereocenters. The number of carbonyl (C=O) groups is 1. The third-order valence-corrected chi connectivity index (χ3v) is 4.51. The van der Waals surface area contributed by atoms with Crippen LogP contribution in [0, 0.1) is 13.8 Å². The van der Waals surface area contributed by atoms with E-state index >= 15 is 0 Å². The Kier molecular flexibility index (Phi) is 5.16. The highest BCUT2D eigenvalue weighted by Gasteiger charge is 2.22. The lowest BCUT2D eigenvalue weighted by molar-refractivity contribution is 0.0600. The van der Waals surface area contributed by atoms with Crippen LogP contribution in [0.3, 0.4) is 0 Å². The van der Waals surface area contributed by atoms with E-state index in [-0.39, 0.29) is 5.56 Å². The maximum atomic E-state index is 12.3. The van der Waals surface area contributed by atoms with Gasteiger partial charge in [0.1, 0.15) is 11.4 Å². The second-order valence-corrected chi connectivity index (χ2v) is 6.40. The van der Waals surface area contributed by atoms with E-state index in [1.807, 2.05) is 6.07 Å². The monoisotopic (exact) mass is 398 g/mol. The number of ether oxygens (including phenoxy) is 1. The first-order chi connectivity index (χ1) is 10.8. The molecule has 23 heavy (non-hydrogen) atoms. The molecule has 0 saturated heterocycles. The normalized spacial score (nSPS) is 10.5. The van der Waals surface area contributed by atoms with E-state index in [9.17, 15) is 9.59 Å². The molecule has 7 heteroatoms. The van der Waals surface area contributed by atoms with Crippen LogP contribution in [0.25, 0.3) is 0 Å². The predicted octanol–water partition coefficient (Wildman–Crippen LogP) is 3.95. The molecule has 5 nitrogen and oxygen atoms in total. The van der Waals surface area contributed by atoms with Crippen LogP contribution in [-0.4, -0.2) is 17.6 Å². The average molecular weight is 400 g/mol. The summed E-state index contributed by atoms with van der Waals surface area (Å²) in [4.78, 5) is 24.5. The van der Waals surface area contributed by atoms with Crippen LogP contribution in [-0.2, 0) is 11.8 Å². The number of anilines is 2. The van der Waals surface area contributed by atoms with Crippen LogP contribution < -0.4 is 10.9 Å². The van der Waals surface area contributed by atoms with Crippen molar-refractivity contribution < 1.29 is 9.53 Å². The molecule has 0 spiro atoms. The number of hydrogen-bond donors (Lipinski definition) is 1. The number of pyridine rings is 1. The molecule has 0 fully saturated rings. The van der Waals surface area contributed by atoms with E-state index in [2.05, 4.69) is 21.2 Å². The standard InChI is InChI=1S/C16H16BrClN2O3/c1-8-9(2)15(21)20(3)14(13(8)16(22)23-4)19-12-6-5-10(17)7-11(12)18/h5-7,19H,1-4H3. The summed E-state index contributed by atoms with van der Waals surface area (Å²) in [5.74, 6) is -0.175. The van der Waals surface area contributed by atoms with Gasteiger partial charge in [-0.1, -0.05) is 27.5 Å². The molecule has 1 aromatic carbocycles. The van der Waals surface area contributed by atoms with Gasteiger partial charge in [0.25, 0.3) is 5.56 Å². The van der Waals surface area contributed by atoms with Crippen molar-refractivity contribution in [2.45, 2.75) is 13.8 Å². The van der Waals surface area contributed by atoms with Crippen molar-refractivity contribution in [1.29, 1.82) is 0 Å². The van der Waals surface area contributed by atoms with Crippen molar-refractivity contribution in [3.63, 3.8) is 0 Å². The molecular formula is C16H16BrClN2O3. The molecule has 1 aromatic heterocycles. The minimum absolute atomic E-state index is 0.189. The van der Waals surface area contributed by atoms with Crippen molar-refractivity contribution in [2.75, 3.05) is 12.4 Å². The van der Waals surface area contributed by atoms with E-state index in [1.54, 1.807) is 33.0 Å². The summed E-state index contributed by atoms with van der Waals surface area (Å²) >= 11 is 9.55. The number of nitrogens with one attached hydrogen (secondary N) is 1. The first-order valence-electron chi connectivity index (χ1n) is 6.78. The van der Waals surface area contributed by atoms with E-state index in [0.29, 0.717) is 33.2 Å². The zero-order valence-corrected chi connectivity index (χ0v) is 15.5. The molecule has 0 bridgehead atoms. The number of benzene rings is 1. The Balaban J connectivity index is 2.70. The minimum atomic E-state index is -0.517. The molecule has 0 saturated carbocycles. The minimum Gasteiger partial charge on any atom is -0.465 e.